The van der Waals surface area contributed by atoms with Gasteiger partial charge in [-0.2, -0.15) is 0 Å². The highest BCUT2D eigenvalue weighted by Crippen LogP contribution is 2.21. The Morgan fingerprint density at radius 2 is 2.38 bits per heavy atom. The fourth-order valence-electron chi connectivity index (χ4n) is 2.49. The van der Waals surface area contributed by atoms with E-state index in [0.29, 0.717) is 6.04 Å². The van der Waals surface area contributed by atoms with Crippen LogP contribution in [-0.4, -0.2) is 17.7 Å². The van der Waals surface area contributed by atoms with E-state index in [-0.39, 0.29) is 0 Å². The lowest BCUT2D eigenvalue weighted by Gasteiger charge is -2.23. The maximum atomic E-state index is 5.18. The molecule has 2 heterocycles. The Morgan fingerprint density at radius 3 is 3.25 bits per heavy atom. The first-order chi connectivity index (χ1) is 7.93. The average Bonchev–Trinajstić information content (AvgIpc) is 2.80. The van der Waals surface area contributed by atoms with E-state index in [1.165, 1.54) is 24.8 Å². The smallest absolute Gasteiger partial charge is 0.167 e. The Bertz CT molecular complexity index is 471. The molecule has 1 saturated heterocycles. The minimum atomic E-state index is 0.620. The summed E-state index contributed by atoms with van der Waals surface area (Å²) in [5.41, 5.74) is 2.24. The summed E-state index contributed by atoms with van der Waals surface area (Å²) in [4.78, 5) is 0. The summed E-state index contributed by atoms with van der Waals surface area (Å²) in [6.07, 6.45) is 6.85. The lowest BCUT2D eigenvalue weighted by atomic mass is 9.96. The van der Waals surface area contributed by atoms with Gasteiger partial charge in [0, 0.05) is 11.4 Å². The largest absolute Gasteiger partial charge is 0.356 e. The van der Waals surface area contributed by atoms with Gasteiger partial charge >= 0.3 is 0 Å². The van der Waals surface area contributed by atoms with E-state index in [0.717, 1.165) is 23.9 Å². The van der Waals surface area contributed by atoms with E-state index >= 15 is 0 Å². The van der Waals surface area contributed by atoms with E-state index in [9.17, 15) is 0 Å². The summed E-state index contributed by atoms with van der Waals surface area (Å²) in [7, 11) is 0. The van der Waals surface area contributed by atoms with Crippen LogP contribution >= 0.6 is 0 Å². The molecule has 0 amide bonds. The molecular weight excluding hydrogens is 200 g/mol. The molecule has 84 valence electrons. The molecule has 1 aliphatic rings. The number of piperidine rings is 1. The molecule has 1 aromatic carbocycles. The topological polar surface area (TPSA) is 38.1 Å². The molecule has 1 unspecified atom stereocenters. The minimum Gasteiger partial charge on any atom is -0.356 e. The number of nitrogens with zero attached hydrogens (tertiary/aromatic N) is 1. The summed E-state index contributed by atoms with van der Waals surface area (Å²) >= 11 is 0. The first-order valence-electron chi connectivity index (χ1n) is 5.99. The Labute approximate surface area is 94.8 Å². The number of aromatic nitrogens is 1. The van der Waals surface area contributed by atoms with Crippen LogP contribution in [0, 0.1) is 0 Å². The summed E-state index contributed by atoms with van der Waals surface area (Å²) in [5, 5.41) is 8.59. The van der Waals surface area contributed by atoms with Crippen molar-refractivity contribution in [3.63, 3.8) is 0 Å². The standard InChI is InChI=1S/C13H16N2O/c1-2-7-14-11(5-1)8-10-4-3-6-13-12(10)9-15-16-13/h3-4,6,9,11,14H,1-2,5,7-8H2. The van der Waals surface area contributed by atoms with Gasteiger partial charge in [0.2, 0.25) is 0 Å². The van der Waals surface area contributed by atoms with Gasteiger partial charge in [-0.1, -0.05) is 23.7 Å². The fraction of sp³-hybridized carbons (Fsp3) is 0.462. The maximum Gasteiger partial charge on any atom is 0.167 e. The SMILES string of the molecule is c1cc(CC2CCCCN2)c2cnoc2c1. The predicted octanol–water partition coefficient (Wildman–Crippen LogP) is 2.51. The van der Waals surface area contributed by atoms with Crippen molar-refractivity contribution in [1.82, 2.24) is 10.5 Å². The molecule has 1 N–H and O–H groups in total. The summed E-state index contributed by atoms with van der Waals surface area (Å²) in [6, 6.07) is 6.82. The fourth-order valence-corrected chi connectivity index (χ4v) is 2.49. The molecule has 0 bridgehead atoms. The second-order valence-corrected chi connectivity index (χ2v) is 4.51. The van der Waals surface area contributed by atoms with Crippen LogP contribution in [0.1, 0.15) is 24.8 Å². The summed E-state index contributed by atoms with van der Waals surface area (Å²) in [5.74, 6) is 0. The van der Waals surface area contributed by atoms with Crippen LogP contribution in [0.15, 0.2) is 28.9 Å². The Morgan fingerprint density at radius 1 is 1.38 bits per heavy atom. The van der Waals surface area contributed by atoms with Crippen LogP contribution in [-0.2, 0) is 6.42 Å². The molecule has 3 rings (SSSR count). The van der Waals surface area contributed by atoms with Crippen LogP contribution in [0.5, 0.6) is 0 Å². The summed E-state index contributed by atoms with van der Waals surface area (Å²) in [6.45, 7) is 1.16. The monoisotopic (exact) mass is 216 g/mol. The van der Waals surface area contributed by atoms with E-state index in [1.807, 2.05) is 18.3 Å². The van der Waals surface area contributed by atoms with Crippen molar-refractivity contribution in [2.75, 3.05) is 6.54 Å². The van der Waals surface area contributed by atoms with Crippen molar-refractivity contribution in [2.24, 2.45) is 0 Å². The van der Waals surface area contributed by atoms with Gasteiger partial charge in [-0.25, -0.2) is 0 Å². The molecule has 1 atom stereocenters. The minimum absolute atomic E-state index is 0.620. The van der Waals surface area contributed by atoms with Gasteiger partial charge in [0.25, 0.3) is 0 Å². The highest BCUT2D eigenvalue weighted by atomic mass is 16.5. The van der Waals surface area contributed by atoms with Crippen LogP contribution in [0.3, 0.4) is 0 Å². The quantitative estimate of drug-likeness (QED) is 0.838. The Hall–Kier alpha value is -1.35. The van der Waals surface area contributed by atoms with Gasteiger partial charge < -0.3 is 9.84 Å². The number of hydrogen-bond donors (Lipinski definition) is 1. The molecule has 0 radical (unpaired) electrons. The van der Waals surface area contributed by atoms with Gasteiger partial charge in [0.15, 0.2) is 5.58 Å². The van der Waals surface area contributed by atoms with Gasteiger partial charge in [0.05, 0.1) is 6.20 Å². The number of rotatable bonds is 2. The number of nitrogens with one attached hydrogen (secondary N) is 1. The zero-order chi connectivity index (χ0) is 10.8. The van der Waals surface area contributed by atoms with Gasteiger partial charge in [0.1, 0.15) is 0 Å². The molecule has 16 heavy (non-hydrogen) atoms. The first-order valence-corrected chi connectivity index (χ1v) is 5.99. The molecule has 2 aromatic rings. The molecule has 1 fully saturated rings. The molecular formula is C13H16N2O. The van der Waals surface area contributed by atoms with E-state index < -0.39 is 0 Å². The van der Waals surface area contributed by atoms with Crippen molar-refractivity contribution in [2.45, 2.75) is 31.7 Å². The maximum absolute atomic E-state index is 5.18. The lowest BCUT2D eigenvalue weighted by Crippen LogP contribution is -2.35. The highest BCUT2D eigenvalue weighted by molar-refractivity contribution is 5.79. The first kappa shape index (κ1) is 9.85. The van der Waals surface area contributed by atoms with E-state index in [1.54, 1.807) is 0 Å². The average molecular weight is 216 g/mol. The summed E-state index contributed by atoms with van der Waals surface area (Å²) < 4.78 is 5.18. The van der Waals surface area contributed by atoms with Crippen molar-refractivity contribution < 1.29 is 4.52 Å². The molecule has 0 spiro atoms. The second kappa shape index (κ2) is 4.26. The lowest BCUT2D eigenvalue weighted by molar-refractivity contribution is 0.400. The second-order valence-electron chi connectivity index (χ2n) is 4.51. The Kier molecular flexibility index (Phi) is 2.62. The van der Waals surface area contributed by atoms with Crippen molar-refractivity contribution in [3.8, 4) is 0 Å². The normalized spacial score (nSPS) is 21.4. The Balaban J connectivity index is 1.85. The van der Waals surface area contributed by atoms with Crippen molar-refractivity contribution in [1.29, 1.82) is 0 Å². The van der Waals surface area contributed by atoms with Crippen LogP contribution in [0.25, 0.3) is 11.0 Å². The molecule has 0 saturated carbocycles. The third kappa shape index (κ3) is 1.83. The molecule has 0 aliphatic carbocycles. The van der Waals surface area contributed by atoms with Crippen LogP contribution in [0.2, 0.25) is 0 Å². The van der Waals surface area contributed by atoms with Crippen LogP contribution in [0.4, 0.5) is 0 Å². The van der Waals surface area contributed by atoms with Gasteiger partial charge in [-0.3, -0.25) is 0 Å². The van der Waals surface area contributed by atoms with Crippen molar-refractivity contribution in [3.05, 3.63) is 30.0 Å². The van der Waals surface area contributed by atoms with Crippen LogP contribution < -0.4 is 5.32 Å². The van der Waals surface area contributed by atoms with E-state index in [4.69, 9.17) is 4.52 Å². The van der Waals surface area contributed by atoms with Gasteiger partial charge in [-0.15, -0.1) is 0 Å². The number of hydrogen-bond acceptors (Lipinski definition) is 3. The zero-order valence-corrected chi connectivity index (χ0v) is 9.28. The van der Waals surface area contributed by atoms with Gasteiger partial charge in [-0.05, 0) is 37.4 Å². The van der Waals surface area contributed by atoms with E-state index in [2.05, 4.69) is 16.5 Å². The van der Waals surface area contributed by atoms with Crippen molar-refractivity contribution >= 4 is 11.0 Å². The molecule has 3 heteroatoms. The third-order valence-electron chi connectivity index (χ3n) is 3.37. The number of benzene rings is 1. The highest BCUT2D eigenvalue weighted by Gasteiger charge is 2.14. The molecule has 3 nitrogen and oxygen atoms in total. The zero-order valence-electron chi connectivity index (χ0n) is 9.28. The molecule has 1 aliphatic heterocycles. The predicted molar refractivity (Wildman–Crippen MR) is 63.4 cm³/mol. The number of fused-ring (bicyclic) bond motifs is 1. The third-order valence-corrected chi connectivity index (χ3v) is 3.37. The molecule has 1 aromatic heterocycles.